The molecule has 0 aliphatic heterocycles. The molecule has 1 heterocycles. The van der Waals surface area contributed by atoms with Gasteiger partial charge in [-0.25, -0.2) is 4.98 Å². The van der Waals surface area contributed by atoms with Gasteiger partial charge in [-0.2, -0.15) is 0 Å². The first-order valence-corrected chi connectivity index (χ1v) is 8.66. The summed E-state index contributed by atoms with van der Waals surface area (Å²) in [6.07, 6.45) is 3.46. The number of imidazole rings is 1. The molecule has 2 aromatic carbocycles. The molecule has 1 aromatic heterocycles. The van der Waals surface area contributed by atoms with Crippen molar-refractivity contribution in [1.29, 1.82) is 0 Å². The van der Waals surface area contributed by atoms with Crippen LogP contribution in [0.25, 0.3) is 16.7 Å². The SMILES string of the molecule is CCC(N)(CC)CNC(=O)c1ccc(-n2cnc3ccccc32)cc1. The highest BCUT2D eigenvalue weighted by atomic mass is 16.1. The summed E-state index contributed by atoms with van der Waals surface area (Å²) < 4.78 is 2.01. The number of carbonyl (C=O) groups is 1. The van der Waals surface area contributed by atoms with E-state index in [1.165, 1.54) is 0 Å². The first-order valence-electron chi connectivity index (χ1n) is 8.66. The Morgan fingerprint density at radius 2 is 1.80 bits per heavy atom. The summed E-state index contributed by atoms with van der Waals surface area (Å²) in [7, 11) is 0. The van der Waals surface area contributed by atoms with Crippen molar-refractivity contribution >= 4 is 16.9 Å². The van der Waals surface area contributed by atoms with E-state index in [-0.39, 0.29) is 11.4 Å². The number of nitrogens with zero attached hydrogens (tertiary/aromatic N) is 2. The summed E-state index contributed by atoms with van der Waals surface area (Å²) >= 11 is 0. The molecular weight excluding hydrogens is 312 g/mol. The molecule has 3 aromatic rings. The second-order valence-corrected chi connectivity index (χ2v) is 6.40. The Morgan fingerprint density at radius 3 is 2.48 bits per heavy atom. The van der Waals surface area contributed by atoms with Crippen molar-refractivity contribution in [2.75, 3.05) is 6.54 Å². The van der Waals surface area contributed by atoms with E-state index in [1.54, 1.807) is 6.33 Å². The minimum absolute atomic E-state index is 0.0984. The number of hydrogen-bond donors (Lipinski definition) is 2. The summed E-state index contributed by atoms with van der Waals surface area (Å²) in [5, 5.41) is 2.94. The molecule has 0 aliphatic rings. The zero-order chi connectivity index (χ0) is 17.9. The molecule has 0 spiro atoms. The number of carbonyl (C=O) groups excluding carboxylic acids is 1. The molecular formula is C20H24N4O. The third-order valence-electron chi connectivity index (χ3n) is 4.87. The Hall–Kier alpha value is -2.66. The lowest BCUT2D eigenvalue weighted by Gasteiger charge is -2.26. The standard InChI is InChI=1S/C20H24N4O/c1-3-20(21,4-2)13-22-19(25)15-9-11-16(12-10-15)24-14-23-17-7-5-6-8-18(17)24/h5-12,14H,3-4,13,21H2,1-2H3,(H,22,25). The maximum atomic E-state index is 12.3. The maximum absolute atomic E-state index is 12.3. The molecule has 0 atom stereocenters. The third-order valence-corrected chi connectivity index (χ3v) is 4.87. The van der Waals surface area contributed by atoms with Crippen LogP contribution in [0.5, 0.6) is 0 Å². The van der Waals surface area contributed by atoms with Gasteiger partial charge in [-0.1, -0.05) is 26.0 Å². The van der Waals surface area contributed by atoms with Gasteiger partial charge in [0.05, 0.1) is 11.0 Å². The van der Waals surface area contributed by atoms with Crippen LogP contribution in [0, 0.1) is 0 Å². The summed E-state index contributed by atoms with van der Waals surface area (Å²) in [6, 6.07) is 15.5. The number of nitrogens with two attached hydrogens (primary N) is 1. The second-order valence-electron chi connectivity index (χ2n) is 6.40. The van der Waals surface area contributed by atoms with Crippen molar-refractivity contribution in [3.05, 3.63) is 60.4 Å². The predicted molar refractivity (Wildman–Crippen MR) is 101 cm³/mol. The first kappa shape index (κ1) is 17.2. The van der Waals surface area contributed by atoms with Crippen LogP contribution in [0.1, 0.15) is 37.0 Å². The Bertz CT molecular complexity index is 863. The molecule has 0 saturated carbocycles. The van der Waals surface area contributed by atoms with E-state index >= 15 is 0 Å². The van der Waals surface area contributed by atoms with E-state index < -0.39 is 0 Å². The molecule has 0 unspecified atom stereocenters. The highest BCUT2D eigenvalue weighted by Crippen LogP contribution is 2.18. The van der Waals surface area contributed by atoms with Gasteiger partial charge in [0.15, 0.2) is 0 Å². The number of nitrogens with one attached hydrogen (secondary N) is 1. The Kier molecular flexibility index (Phi) is 4.86. The number of para-hydroxylation sites is 2. The molecule has 0 aliphatic carbocycles. The first-order chi connectivity index (χ1) is 12.1. The summed E-state index contributed by atoms with van der Waals surface area (Å²) in [6.45, 7) is 4.56. The van der Waals surface area contributed by atoms with E-state index in [1.807, 2.05) is 66.9 Å². The van der Waals surface area contributed by atoms with Crippen molar-refractivity contribution in [2.24, 2.45) is 5.73 Å². The highest BCUT2D eigenvalue weighted by molar-refractivity contribution is 5.94. The molecule has 3 N–H and O–H groups in total. The minimum Gasteiger partial charge on any atom is -0.350 e. The van der Waals surface area contributed by atoms with E-state index in [0.29, 0.717) is 12.1 Å². The van der Waals surface area contributed by atoms with Crippen LogP contribution >= 0.6 is 0 Å². The van der Waals surface area contributed by atoms with E-state index in [9.17, 15) is 4.79 Å². The highest BCUT2D eigenvalue weighted by Gasteiger charge is 2.21. The monoisotopic (exact) mass is 336 g/mol. The Labute approximate surface area is 147 Å². The molecule has 5 nitrogen and oxygen atoms in total. The molecule has 0 saturated heterocycles. The fraction of sp³-hybridized carbons (Fsp3) is 0.300. The number of aromatic nitrogens is 2. The lowest BCUT2D eigenvalue weighted by molar-refractivity contribution is 0.0942. The quantitative estimate of drug-likeness (QED) is 0.725. The Morgan fingerprint density at radius 1 is 1.12 bits per heavy atom. The van der Waals surface area contributed by atoms with Crippen molar-refractivity contribution in [3.63, 3.8) is 0 Å². The van der Waals surface area contributed by atoms with Crippen LogP contribution in [-0.2, 0) is 0 Å². The van der Waals surface area contributed by atoms with Gasteiger partial charge in [0.1, 0.15) is 6.33 Å². The fourth-order valence-electron chi connectivity index (χ4n) is 2.80. The number of hydrogen-bond acceptors (Lipinski definition) is 3. The van der Waals surface area contributed by atoms with Crippen molar-refractivity contribution in [2.45, 2.75) is 32.2 Å². The van der Waals surface area contributed by atoms with Crippen LogP contribution in [0.15, 0.2) is 54.9 Å². The van der Waals surface area contributed by atoms with Crippen molar-refractivity contribution in [3.8, 4) is 5.69 Å². The summed E-state index contributed by atoms with van der Waals surface area (Å²) in [5.41, 5.74) is 9.48. The van der Waals surface area contributed by atoms with Crippen LogP contribution < -0.4 is 11.1 Å². The number of fused-ring (bicyclic) bond motifs is 1. The van der Waals surface area contributed by atoms with Gasteiger partial charge in [-0.05, 0) is 49.2 Å². The summed E-state index contributed by atoms with van der Waals surface area (Å²) in [5.74, 6) is -0.0984. The van der Waals surface area contributed by atoms with Crippen molar-refractivity contribution in [1.82, 2.24) is 14.9 Å². The van der Waals surface area contributed by atoms with E-state index in [2.05, 4.69) is 10.3 Å². The molecule has 0 fully saturated rings. The van der Waals surface area contributed by atoms with Gasteiger partial charge >= 0.3 is 0 Å². The molecule has 5 heteroatoms. The molecule has 130 valence electrons. The molecule has 3 rings (SSSR count). The fourth-order valence-corrected chi connectivity index (χ4v) is 2.80. The normalized spacial score (nSPS) is 11.6. The van der Waals surface area contributed by atoms with Crippen LogP contribution in [-0.4, -0.2) is 27.5 Å². The van der Waals surface area contributed by atoms with Gasteiger partial charge in [-0.15, -0.1) is 0 Å². The average molecular weight is 336 g/mol. The van der Waals surface area contributed by atoms with E-state index in [4.69, 9.17) is 5.73 Å². The number of amides is 1. The largest absolute Gasteiger partial charge is 0.350 e. The maximum Gasteiger partial charge on any atom is 0.251 e. The zero-order valence-corrected chi connectivity index (χ0v) is 14.7. The summed E-state index contributed by atoms with van der Waals surface area (Å²) in [4.78, 5) is 16.7. The van der Waals surface area contributed by atoms with E-state index in [0.717, 1.165) is 29.6 Å². The van der Waals surface area contributed by atoms with Gasteiger partial charge < -0.3 is 11.1 Å². The van der Waals surface area contributed by atoms with Crippen LogP contribution in [0.4, 0.5) is 0 Å². The average Bonchev–Trinajstić information content (AvgIpc) is 3.10. The lowest BCUT2D eigenvalue weighted by atomic mass is 9.94. The van der Waals surface area contributed by atoms with Crippen molar-refractivity contribution < 1.29 is 4.79 Å². The smallest absolute Gasteiger partial charge is 0.251 e. The van der Waals surface area contributed by atoms with Gasteiger partial charge in [0.2, 0.25) is 0 Å². The third kappa shape index (κ3) is 3.56. The predicted octanol–water partition coefficient (Wildman–Crippen LogP) is 3.27. The zero-order valence-electron chi connectivity index (χ0n) is 14.7. The van der Waals surface area contributed by atoms with Crippen LogP contribution in [0.3, 0.4) is 0 Å². The second kappa shape index (κ2) is 7.07. The molecule has 0 bridgehead atoms. The van der Waals surface area contributed by atoms with Gasteiger partial charge in [0, 0.05) is 23.3 Å². The van der Waals surface area contributed by atoms with Crippen LogP contribution in [0.2, 0.25) is 0 Å². The van der Waals surface area contributed by atoms with Gasteiger partial charge in [-0.3, -0.25) is 9.36 Å². The number of benzene rings is 2. The molecule has 1 amide bonds. The topological polar surface area (TPSA) is 72.9 Å². The number of rotatable bonds is 6. The minimum atomic E-state index is -0.342. The lowest BCUT2D eigenvalue weighted by Crippen LogP contribution is -2.49. The molecule has 25 heavy (non-hydrogen) atoms. The Balaban J connectivity index is 1.75. The van der Waals surface area contributed by atoms with Gasteiger partial charge in [0.25, 0.3) is 5.91 Å². The molecule has 0 radical (unpaired) electrons.